The number of amides is 2. The van der Waals surface area contributed by atoms with Gasteiger partial charge in [0.1, 0.15) is 5.75 Å². The summed E-state index contributed by atoms with van der Waals surface area (Å²) in [6.07, 6.45) is -0.671. The molecule has 7 heteroatoms. The van der Waals surface area contributed by atoms with Crippen LogP contribution in [0.3, 0.4) is 0 Å². The topological polar surface area (TPSA) is 55.8 Å². The first-order valence-corrected chi connectivity index (χ1v) is 18.2. The molecule has 0 spiro atoms. The van der Waals surface area contributed by atoms with Gasteiger partial charge in [0.2, 0.25) is 8.32 Å². The zero-order valence-electron chi connectivity index (χ0n) is 22.9. The van der Waals surface area contributed by atoms with Crippen LogP contribution in [0.4, 0.5) is 0 Å². The van der Waals surface area contributed by atoms with Crippen LogP contribution < -0.4 is 4.43 Å². The molecule has 0 aromatic heterocycles. The maximum absolute atomic E-state index is 13.3. The highest BCUT2D eigenvalue weighted by Crippen LogP contribution is 2.45. The van der Waals surface area contributed by atoms with Gasteiger partial charge in [-0.3, -0.25) is 14.5 Å². The molecule has 0 N–H and O–H groups in total. The molecule has 0 saturated carbocycles. The van der Waals surface area contributed by atoms with Crippen molar-refractivity contribution in [3.05, 3.63) is 65.7 Å². The normalized spacial score (nSPS) is 19.4. The maximum Gasteiger partial charge on any atom is 0.261 e. The molecule has 1 aliphatic heterocycles. The van der Waals surface area contributed by atoms with Gasteiger partial charge in [-0.05, 0) is 66.1 Å². The van der Waals surface area contributed by atoms with Gasteiger partial charge in [-0.15, -0.1) is 0 Å². The Hall–Kier alpha value is -2.23. The summed E-state index contributed by atoms with van der Waals surface area (Å²) in [7, 11) is -4.21. The predicted octanol–water partition coefficient (Wildman–Crippen LogP) is 7.18. The van der Waals surface area contributed by atoms with Crippen LogP contribution >= 0.6 is 0 Å². The minimum atomic E-state index is -2.24. The van der Waals surface area contributed by atoms with Crippen molar-refractivity contribution < 1.29 is 18.4 Å². The fraction of sp³-hybridized carbons (Fsp3) is 0.500. The van der Waals surface area contributed by atoms with Gasteiger partial charge in [-0.1, -0.05) is 71.9 Å². The minimum Gasteiger partial charge on any atom is -0.544 e. The second-order valence-corrected chi connectivity index (χ2v) is 22.0. The first-order chi connectivity index (χ1) is 16.0. The molecular weight excluding hydrogens is 470 g/mol. The van der Waals surface area contributed by atoms with Crippen LogP contribution in [0, 0.1) is 0 Å². The Morgan fingerprint density at radius 3 is 1.80 bits per heavy atom. The van der Waals surface area contributed by atoms with Gasteiger partial charge in [-0.25, -0.2) is 0 Å². The average Bonchev–Trinajstić information content (AvgIpc) is 2.75. The molecule has 1 saturated heterocycles. The molecule has 2 atom stereocenters. The Morgan fingerprint density at radius 2 is 1.31 bits per heavy atom. The molecular formula is C28H41NO4Si2. The van der Waals surface area contributed by atoms with Crippen LogP contribution in [0.2, 0.25) is 36.3 Å². The molecule has 2 aromatic carbocycles. The fourth-order valence-corrected chi connectivity index (χ4v) is 5.77. The molecule has 1 aliphatic rings. The van der Waals surface area contributed by atoms with E-state index in [1.54, 1.807) is 12.1 Å². The summed E-state index contributed by atoms with van der Waals surface area (Å²) in [5.74, 6) is 0.251. The number of nitrogens with zero attached hydrogens (tertiary/aromatic N) is 1. The van der Waals surface area contributed by atoms with E-state index in [4.69, 9.17) is 8.85 Å². The molecule has 0 aliphatic carbocycles. The van der Waals surface area contributed by atoms with Gasteiger partial charge < -0.3 is 8.85 Å². The van der Waals surface area contributed by atoms with Crippen LogP contribution in [0.25, 0.3) is 0 Å². The molecule has 0 bridgehead atoms. The Morgan fingerprint density at radius 1 is 0.800 bits per heavy atom. The molecule has 0 radical (unpaired) electrons. The van der Waals surface area contributed by atoms with Crippen LogP contribution in [0.1, 0.15) is 63.5 Å². The van der Waals surface area contributed by atoms with Crippen LogP contribution in [-0.4, -0.2) is 39.5 Å². The first kappa shape index (κ1) is 27.4. The summed E-state index contributed by atoms with van der Waals surface area (Å²) < 4.78 is 13.0. The highest BCUT2D eigenvalue weighted by atomic mass is 28.4. The maximum atomic E-state index is 13.3. The average molecular weight is 512 g/mol. The number of β-lactam (4-membered cyclic amide) rings is 1. The van der Waals surface area contributed by atoms with Gasteiger partial charge in [0.25, 0.3) is 11.8 Å². The Labute approximate surface area is 213 Å². The number of carbonyl (C=O) groups is 2. The van der Waals surface area contributed by atoms with E-state index in [-0.39, 0.29) is 21.9 Å². The van der Waals surface area contributed by atoms with E-state index in [1.807, 2.05) is 42.5 Å². The van der Waals surface area contributed by atoms with Crippen molar-refractivity contribution in [2.45, 2.75) is 90.0 Å². The van der Waals surface area contributed by atoms with Crippen LogP contribution in [0.15, 0.2) is 54.6 Å². The number of hydrogen-bond donors (Lipinski definition) is 0. The zero-order valence-corrected chi connectivity index (χ0v) is 24.9. The second-order valence-electron chi connectivity index (χ2n) is 12.6. The molecule has 1 heterocycles. The molecule has 0 unspecified atom stereocenters. The van der Waals surface area contributed by atoms with Gasteiger partial charge in [0.15, 0.2) is 14.4 Å². The Bertz CT molecular complexity index is 1070. The molecule has 1 fully saturated rings. The van der Waals surface area contributed by atoms with Gasteiger partial charge in [0, 0.05) is 5.56 Å². The van der Waals surface area contributed by atoms with Gasteiger partial charge in [-0.2, -0.15) is 0 Å². The Kier molecular flexibility index (Phi) is 7.30. The Balaban J connectivity index is 1.94. The second kappa shape index (κ2) is 9.34. The van der Waals surface area contributed by atoms with Crippen molar-refractivity contribution in [1.82, 2.24) is 4.90 Å². The van der Waals surface area contributed by atoms with Crippen LogP contribution in [-0.2, 0) is 9.22 Å². The molecule has 5 nitrogen and oxygen atoms in total. The lowest BCUT2D eigenvalue weighted by Gasteiger charge is -2.50. The van der Waals surface area contributed by atoms with Crippen molar-refractivity contribution in [3.8, 4) is 5.75 Å². The summed E-state index contributed by atoms with van der Waals surface area (Å²) in [4.78, 5) is 28.0. The largest absolute Gasteiger partial charge is 0.544 e. The predicted molar refractivity (Wildman–Crippen MR) is 147 cm³/mol. The molecule has 190 valence electrons. The molecule has 35 heavy (non-hydrogen) atoms. The number of hydrogen-bond acceptors (Lipinski definition) is 4. The highest BCUT2D eigenvalue weighted by Gasteiger charge is 2.55. The van der Waals surface area contributed by atoms with Crippen molar-refractivity contribution in [2.24, 2.45) is 0 Å². The monoisotopic (exact) mass is 511 g/mol. The third-order valence-electron chi connectivity index (χ3n) is 7.91. The number of rotatable bonds is 6. The lowest BCUT2D eigenvalue weighted by molar-refractivity contribution is -0.158. The van der Waals surface area contributed by atoms with E-state index >= 15 is 0 Å². The number of benzene rings is 2. The van der Waals surface area contributed by atoms with E-state index < -0.39 is 28.8 Å². The van der Waals surface area contributed by atoms with Crippen molar-refractivity contribution in [3.63, 3.8) is 0 Å². The van der Waals surface area contributed by atoms with E-state index in [1.165, 1.54) is 4.90 Å². The van der Waals surface area contributed by atoms with Gasteiger partial charge in [0.05, 0.1) is 6.04 Å². The quantitative estimate of drug-likeness (QED) is 0.234. The number of imide groups is 1. The number of likely N-dealkylation sites (tertiary alicyclic amines) is 1. The molecule has 2 amide bonds. The summed E-state index contributed by atoms with van der Waals surface area (Å²) in [6.45, 7) is 21.8. The summed E-state index contributed by atoms with van der Waals surface area (Å²) >= 11 is 0. The summed E-state index contributed by atoms with van der Waals surface area (Å²) in [6, 6.07) is 16.3. The summed E-state index contributed by atoms with van der Waals surface area (Å²) in [5, 5.41) is 0.0373. The third kappa shape index (κ3) is 5.47. The third-order valence-corrected chi connectivity index (χ3v) is 16.7. The fourth-order valence-electron chi connectivity index (χ4n) is 3.52. The smallest absolute Gasteiger partial charge is 0.261 e. The highest BCUT2D eigenvalue weighted by molar-refractivity contribution is 6.75. The van der Waals surface area contributed by atoms with E-state index in [2.05, 4.69) is 67.7 Å². The van der Waals surface area contributed by atoms with Gasteiger partial charge >= 0.3 is 0 Å². The van der Waals surface area contributed by atoms with Crippen molar-refractivity contribution >= 4 is 28.4 Å². The number of carbonyl (C=O) groups excluding carboxylic acids is 2. The molecule has 3 rings (SSSR count). The van der Waals surface area contributed by atoms with Crippen LogP contribution in [0.5, 0.6) is 5.75 Å². The van der Waals surface area contributed by atoms with E-state index in [9.17, 15) is 9.59 Å². The first-order valence-electron chi connectivity index (χ1n) is 12.4. The van der Waals surface area contributed by atoms with Crippen molar-refractivity contribution in [1.29, 1.82) is 0 Å². The minimum absolute atomic E-state index is 0.0530. The standard InChI is InChI=1S/C28H41NO4Si2/c1-27(2,3)34(7,8)32-22-18-16-20(17-19-22)23-24(33-35(9,10)28(4,5)6)26(31)29(23)25(30)21-14-12-11-13-15-21/h11-19,23-24H,1-10H3/t23-,24+/m0/s1. The summed E-state index contributed by atoms with van der Waals surface area (Å²) in [5.41, 5.74) is 1.37. The zero-order chi connectivity index (χ0) is 26.4. The molecule has 2 aromatic rings. The lowest BCUT2D eigenvalue weighted by Crippen LogP contribution is -2.65. The SMILES string of the molecule is CC(C)(C)[Si](C)(C)Oc1ccc([C@H]2[C@@H](O[Si](C)(C)C(C)(C)C)C(=O)N2C(=O)c2ccccc2)cc1. The van der Waals surface area contributed by atoms with Crippen molar-refractivity contribution in [2.75, 3.05) is 0 Å². The van der Waals surface area contributed by atoms with E-state index in [0.29, 0.717) is 5.56 Å². The van der Waals surface area contributed by atoms with E-state index in [0.717, 1.165) is 11.3 Å². The lowest BCUT2D eigenvalue weighted by atomic mass is 9.90.